The van der Waals surface area contributed by atoms with Crippen molar-refractivity contribution >= 4 is 17.7 Å². The molecule has 1 aliphatic rings. The number of likely N-dealkylation sites (tertiary alicyclic amines) is 1. The lowest BCUT2D eigenvalue weighted by Crippen LogP contribution is -2.38. The normalized spacial score (nSPS) is 19.2. The molecule has 20 heavy (non-hydrogen) atoms. The first-order chi connectivity index (χ1) is 9.49. The molecule has 110 valence electrons. The third-order valence-electron chi connectivity index (χ3n) is 3.68. The van der Waals surface area contributed by atoms with E-state index in [1.807, 2.05) is 11.5 Å². The first-order valence-electron chi connectivity index (χ1n) is 6.68. The summed E-state index contributed by atoms with van der Waals surface area (Å²) < 4.78 is 6.57. The number of nitrogens with zero attached hydrogens (tertiary/aromatic N) is 3. The van der Waals surface area contributed by atoms with Crippen LogP contribution >= 0.6 is 0 Å². The van der Waals surface area contributed by atoms with E-state index in [-0.39, 0.29) is 17.6 Å². The van der Waals surface area contributed by atoms with Gasteiger partial charge in [-0.25, -0.2) is 9.78 Å². The van der Waals surface area contributed by atoms with Crippen molar-refractivity contribution in [3.05, 3.63) is 11.5 Å². The number of imidazole rings is 1. The first-order valence-corrected chi connectivity index (χ1v) is 6.68. The van der Waals surface area contributed by atoms with Gasteiger partial charge in [0.25, 0.3) is 0 Å². The summed E-state index contributed by atoms with van der Waals surface area (Å²) in [6.07, 6.45) is 1.85. The number of methoxy groups -OCH3 is 1. The minimum absolute atomic E-state index is 0.0542. The molecule has 1 aromatic heterocycles. The number of ether oxygens (including phenoxy) is 1. The second-order valence-electron chi connectivity index (χ2n) is 4.94. The van der Waals surface area contributed by atoms with Gasteiger partial charge in [0.2, 0.25) is 5.91 Å². The lowest BCUT2D eigenvalue weighted by atomic mass is 10.1. The number of likely N-dealkylation sites (N-methyl/N-ethyl adjacent to an activating group) is 1. The molecule has 1 atom stereocenters. The molecule has 1 amide bonds. The molecule has 0 bridgehead atoms. The zero-order chi connectivity index (χ0) is 14.9. The summed E-state index contributed by atoms with van der Waals surface area (Å²) in [5, 5.41) is 0. The highest BCUT2D eigenvalue weighted by Crippen LogP contribution is 2.28. The Kier molecular flexibility index (Phi) is 3.96. The second-order valence-corrected chi connectivity index (χ2v) is 4.94. The maximum atomic E-state index is 11.7. The molecule has 1 unspecified atom stereocenters. The van der Waals surface area contributed by atoms with Crippen molar-refractivity contribution in [1.82, 2.24) is 14.5 Å². The lowest BCUT2D eigenvalue weighted by molar-refractivity contribution is -0.132. The molecule has 7 heteroatoms. The molecule has 2 N–H and O–H groups in total. The summed E-state index contributed by atoms with van der Waals surface area (Å²) in [4.78, 5) is 29.2. The van der Waals surface area contributed by atoms with Crippen molar-refractivity contribution < 1.29 is 14.3 Å². The summed E-state index contributed by atoms with van der Waals surface area (Å²) in [7, 11) is 3.08. The first kappa shape index (κ1) is 14.4. The number of aromatic nitrogens is 2. The van der Waals surface area contributed by atoms with Gasteiger partial charge in [0.05, 0.1) is 13.2 Å². The van der Waals surface area contributed by atoms with Gasteiger partial charge >= 0.3 is 5.97 Å². The maximum absolute atomic E-state index is 11.7. The molecule has 2 rings (SSSR count). The van der Waals surface area contributed by atoms with E-state index < -0.39 is 5.97 Å². The number of carbonyl (C=O) groups is 2. The monoisotopic (exact) mass is 280 g/mol. The Morgan fingerprint density at radius 2 is 2.25 bits per heavy atom. The third kappa shape index (κ3) is 2.35. The number of anilines is 1. The molecule has 0 aliphatic carbocycles. The van der Waals surface area contributed by atoms with Crippen LogP contribution in [0.15, 0.2) is 0 Å². The SMILES string of the molecule is CCc1nc(C(=O)OC)c(N)n1C1CCC(=O)N(C)C1. The molecular formula is C13H20N4O3. The number of hydrogen-bond donors (Lipinski definition) is 1. The summed E-state index contributed by atoms with van der Waals surface area (Å²) >= 11 is 0. The summed E-state index contributed by atoms with van der Waals surface area (Å²) in [5.41, 5.74) is 6.22. The van der Waals surface area contributed by atoms with Crippen molar-refractivity contribution in [3.8, 4) is 0 Å². The van der Waals surface area contributed by atoms with E-state index in [1.165, 1.54) is 7.11 Å². The molecule has 0 radical (unpaired) electrons. The average molecular weight is 280 g/mol. The second kappa shape index (κ2) is 5.52. The van der Waals surface area contributed by atoms with Gasteiger partial charge in [-0.1, -0.05) is 6.92 Å². The molecule has 1 aromatic rings. The van der Waals surface area contributed by atoms with E-state index in [4.69, 9.17) is 10.5 Å². The summed E-state index contributed by atoms with van der Waals surface area (Å²) in [6, 6.07) is 0.0542. The standard InChI is InChI=1S/C13H20N4O3/c1-4-9-15-11(13(19)20-3)12(14)17(9)8-5-6-10(18)16(2)7-8/h8H,4-7,14H2,1-3H3. The minimum Gasteiger partial charge on any atom is -0.464 e. The fraction of sp³-hybridized carbons (Fsp3) is 0.615. The van der Waals surface area contributed by atoms with E-state index >= 15 is 0 Å². The Bertz CT molecular complexity index is 538. The van der Waals surface area contributed by atoms with Crippen molar-refractivity contribution in [1.29, 1.82) is 0 Å². The van der Waals surface area contributed by atoms with Crippen molar-refractivity contribution in [2.75, 3.05) is 26.4 Å². The largest absolute Gasteiger partial charge is 0.464 e. The van der Waals surface area contributed by atoms with Crippen molar-refractivity contribution in [3.63, 3.8) is 0 Å². The van der Waals surface area contributed by atoms with Crippen LogP contribution in [0.2, 0.25) is 0 Å². The van der Waals surface area contributed by atoms with Crippen LogP contribution in [0.1, 0.15) is 42.1 Å². The van der Waals surface area contributed by atoms with E-state index in [2.05, 4.69) is 4.98 Å². The van der Waals surface area contributed by atoms with Gasteiger partial charge in [0, 0.05) is 26.4 Å². The smallest absolute Gasteiger partial charge is 0.360 e. The number of nitrogens with two attached hydrogens (primary N) is 1. The Hall–Kier alpha value is -2.05. The molecule has 0 spiro atoms. The van der Waals surface area contributed by atoms with Gasteiger partial charge in [-0.2, -0.15) is 0 Å². The van der Waals surface area contributed by atoms with E-state index in [0.29, 0.717) is 31.6 Å². The van der Waals surface area contributed by atoms with Crippen molar-refractivity contribution in [2.45, 2.75) is 32.2 Å². The van der Waals surface area contributed by atoms with Crippen LogP contribution in [-0.4, -0.2) is 47.0 Å². The predicted molar refractivity (Wildman–Crippen MR) is 73.3 cm³/mol. The molecule has 0 saturated carbocycles. The number of carbonyl (C=O) groups excluding carboxylic acids is 2. The zero-order valence-electron chi connectivity index (χ0n) is 12.0. The highest BCUT2D eigenvalue weighted by molar-refractivity contribution is 5.92. The van der Waals surface area contributed by atoms with Crippen LogP contribution in [-0.2, 0) is 16.0 Å². The van der Waals surface area contributed by atoms with Gasteiger partial charge in [0.1, 0.15) is 11.6 Å². The minimum atomic E-state index is -0.531. The van der Waals surface area contributed by atoms with E-state index in [9.17, 15) is 9.59 Å². The fourth-order valence-corrected chi connectivity index (χ4v) is 2.60. The highest BCUT2D eigenvalue weighted by Gasteiger charge is 2.29. The van der Waals surface area contributed by atoms with Crippen LogP contribution in [0.25, 0.3) is 0 Å². The number of rotatable bonds is 3. The molecule has 0 aromatic carbocycles. The van der Waals surface area contributed by atoms with Crippen LogP contribution in [0.5, 0.6) is 0 Å². The Morgan fingerprint density at radius 3 is 2.80 bits per heavy atom. The number of esters is 1. The average Bonchev–Trinajstić information content (AvgIpc) is 2.78. The number of hydrogen-bond acceptors (Lipinski definition) is 5. The van der Waals surface area contributed by atoms with Gasteiger partial charge < -0.3 is 19.9 Å². The van der Waals surface area contributed by atoms with Crippen LogP contribution in [0.4, 0.5) is 5.82 Å². The molecule has 2 heterocycles. The predicted octanol–water partition coefficient (Wildman–Crippen LogP) is 0.608. The highest BCUT2D eigenvalue weighted by atomic mass is 16.5. The van der Waals surface area contributed by atoms with E-state index in [1.54, 1.807) is 11.9 Å². The summed E-state index contributed by atoms with van der Waals surface area (Å²) in [6.45, 7) is 2.53. The molecule has 1 saturated heterocycles. The molecule has 1 aliphatic heterocycles. The Labute approximate surface area is 117 Å². The Balaban J connectivity index is 2.38. The number of amides is 1. The van der Waals surface area contributed by atoms with Gasteiger partial charge in [-0.15, -0.1) is 0 Å². The number of nitrogen functional groups attached to an aromatic ring is 1. The maximum Gasteiger partial charge on any atom is 0.360 e. The van der Waals surface area contributed by atoms with Crippen molar-refractivity contribution in [2.24, 2.45) is 0 Å². The van der Waals surface area contributed by atoms with Crippen LogP contribution in [0.3, 0.4) is 0 Å². The third-order valence-corrected chi connectivity index (χ3v) is 3.68. The van der Waals surface area contributed by atoms with Gasteiger partial charge in [-0.3, -0.25) is 4.79 Å². The van der Waals surface area contributed by atoms with E-state index in [0.717, 1.165) is 5.82 Å². The Morgan fingerprint density at radius 1 is 1.55 bits per heavy atom. The molecule has 1 fully saturated rings. The molecular weight excluding hydrogens is 260 g/mol. The zero-order valence-corrected chi connectivity index (χ0v) is 12.0. The molecule has 7 nitrogen and oxygen atoms in total. The topological polar surface area (TPSA) is 90.4 Å². The summed E-state index contributed by atoms with van der Waals surface area (Å²) in [5.74, 6) is 0.666. The van der Waals surface area contributed by atoms with Crippen LogP contribution in [0, 0.1) is 0 Å². The van der Waals surface area contributed by atoms with Crippen LogP contribution < -0.4 is 5.73 Å². The fourth-order valence-electron chi connectivity index (χ4n) is 2.60. The lowest BCUT2D eigenvalue weighted by Gasteiger charge is -2.31. The number of aryl methyl sites for hydroxylation is 1. The number of piperidine rings is 1. The van der Waals surface area contributed by atoms with Gasteiger partial charge in [0.15, 0.2) is 5.69 Å². The quantitative estimate of drug-likeness (QED) is 0.819. The van der Waals surface area contributed by atoms with Gasteiger partial charge in [-0.05, 0) is 6.42 Å².